The third-order valence-electron chi connectivity index (χ3n) is 3.93. The van der Waals surface area contributed by atoms with E-state index in [1.165, 1.54) is 12.1 Å². The molecular formula is C18H17ClFNO3. The Kier molecular flexibility index (Phi) is 5.02. The predicted molar refractivity (Wildman–Crippen MR) is 88.7 cm³/mol. The van der Waals surface area contributed by atoms with E-state index in [0.717, 1.165) is 12.0 Å². The molecule has 1 aliphatic rings. The van der Waals surface area contributed by atoms with Crippen molar-refractivity contribution in [2.24, 2.45) is 0 Å². The number of halogens is 2. The Bertz CT molecular complexity index is 766. The number of benzene rings is 2. The van der Waals surface area contributed by atoms with Crippen LogP contribution in [0.1, 0.15) is 22.8 Å². The molecular weight excluding hydrogens is 333 g/mol. The first-order valence-corrected chi connectivity index (χ1v) is 8.05. The van der Waals surface area contributed by atoms with E-state index >= 15 is 0 Å². The van der Waals surface area contributed by atoms with Gasteiger partial charge in [0, 0.05) is 29.1 Å². The molecule has 1 heterocycles. The lowest BCUT2D eigenvalue weighted by atomic mass is 10.0. The lowest BCUT2D eigenvalue weighted by Gasteiger charge is -2.14. The van der Waals surface area contributed by atoms with Gasteiger partial charge in [-0.3, -0.25) is 4.79 Å². The zero-order valence-corrected chi connectivity index (χ0v) is 13.6. The molecule has 2 aromatic carbocycles. The standard InChI is InChI=1S/C18H17ClFNO3/c19-13-7-11-5-6-24-18(11)12(8-13)9-17(23)21-10-16(22)14-3-1-2-4-15(14)20/h1-4,7-8,16,22H,5-6,9-10H2,(H,21,23). The molecule has 0 radical (unpaired) electrons. The Labute approximate surface area is 144 Å². The van der Waals surface area contributed by atoms with Gasteiger partial charge in [-0.05, 0) is 23.8 Å². The highest BCUT2D eigenvalue weighted by molar-refractivity contribution is 6.30. The molecule has 24 heavy (non-hydrogen) atoms. The minimum Gasteiger partial charge on any atom is -0.493 e. The van der Waals surface area contributed by atoms with Crippen molar-refractivity contribution in [1.82, 2.24) is 5.32 Å². The minimum absolute atomic E-state index is 0.0661. The second kappa shape index (κ2) is 7.20. The first-order valence-electron chi connectivity index (χ1n) is 7.68. The van der Waals surface area contributed by atoms with Gasteiger partial charge in [0.15, 0.2) is 0 Å². The van der Waals surface area contributed by atoms with Gasteiger partial charge in [0.05, 0.1) is 19.1 Å². The van der Waals surface area contributed by atoms with Crippen molar-refractivity contribution < 1.29 is 19.0 Å². The number of nitrogens with one attached hydrogen (secondary N) is 1. The number of amides is 1. The summed E-state index contributed by atoms with van der Waals surface area (Å²) in [5.41, 5.74) is 1.87. The molecule has 2 N–H and O–H groups in total. The molecule has 1 atom stereocenters. The lowest BCUT2D eigenvalue weighted by molar-refractivity contribution is -0.120. The van der Waals surface area contributed by atoms with Gasteiger partial charge < -0.3 is 15.2 Å². The number of hydrogen-bond donors (Lipinski definition) is 2. The van der Waals surface area contributed by atoms with Gasteiger partial charge in [0.25, 0.3) is 0 Å². The molecule has 0 spiro atoms. The number of hydrogen-bond acceptors (Lipinski definition) is 3. The van der Waals surface area contributed by atoms with Gasteiger partial charge >= 0.3 is 0 Å². The number of carbonyl (C=O) groups is 1. The summed E-state index contributed by atoms with van der Waals surface area (Å²) in [6, 6.07) is 9.49. The predicted octanol–water partition coefficient (Wildman–Crippen LogP) is 2.81. The number of aliphatic hydroxyl groups is 1. The second-order valence-electron chi connectivity index (χ2n) is 5.67. The average molecular weight is 350 g/mol. The van der Waals surface area contributed by atoms with Crippen LogP contribution < -0.4 is 10.1 Å². The van der Waals surface area contributed by atoms with Crippen LogP contribution in [-0.4, -0.2) is 24.2 Å². The normalized spacial score (nSPS) is 14.0. The molecule has 0 fully saturated rings. The molecule has 6 heteroatoms. The molecule has 126 valence electrons. The quantitative estimate of drug-likeness (QED) is 0.872. The van der Waals surface area contributed by atoms with Crippen LogP contribution in [0.3, 0.4) is 0 Å². The second-order valence-corrected chi connectivity index (χ2v) is 6.11. The molecule has 0 bridgehead atoms. The maximum absolute atomic E-state index is 13.6. The maximum atomic E-state index is 13.6. The van der Waals surface area contributed by atoms with Gasteiger partial charge in [-0.25, -0.2) is 4.39 Å². The number of aliphatic hydroxyl groups excluding tert-OH is 1. The fourth-order valence-electron chi connectivity index (χ4n) is 2.78. The summed E-state index contributed by atoms with van der Waals surface area (Å²) in [4.78, 5) is 12.1. The van der Waals surface area contributed by atoms with Crippen LogP contribution >= 0.6 is 11.6 Å². The van der Waals surface area contributed by atoms with E-state index in [2.05, 4.69) is 5.32 Å². The van der Waals surface area contributed by atoms with E-state index < -0.39 is 11.9 Å². The number of rotatable bonds is 5. The molecule has 1 aliphatic heterocycles. The molecule has 0 aromatic heterocycles. The largest absolute Gasteiger partial charge is 0.493 e. The Morgan fingerprint density at radius 1 is 1.38 bits per heavy atom. The van der Waals surface area contributed by atoms with Crippen LogP contribution in [0.15, 0.2) is 36.4 Å². The van der Waals surface area contributed by atoms with Crippen molar-refractivity contribution in [1.29, 1.82) is 0 Å². The highest BCUT2D eigenvalue weighted by Gasteiger charge is 2.20. The van der Waals surface area contributed by atoms with Gasteiger partial charge in [0.2, 0.25) is 5.91 Å². The highest BCUT2D eigenvalue weighted by atomic mass is 35.5. The third kappa shape index (κ3) is 3.68. The SMILES string of the molecule is O=C(Cc1cc(Cl)cc2c1OCC2)NCC(O)c1ccccc1F. The Morgan fingerprint density at radius 2 is 2.17 bits per heavy atom. The summed E-state index contributed by atoms with van der Waals surface area (Å²) in [5, 5.41) is 13.2. The summed E-state index contributed by atoms with van der Waals surface area (Å²) < 4.78 is 19.2. The summed E-state index contributed by atoms with van der Waals surface area (Å²) in [6.45, 7) is 0.514. The summed E-state index contributed by atoms with van der Waals surface area (Å²) in [7, 11) is 0. The van der Waals surface area contributed by atoms with Gasteiger partial charge in [-0.2, -0.15) is 0 Å². The van der Waals surface area contributed by atoms with Gasteiger partial charge in [-0.15, -0.1) is 0 Å². The van der Waals surface area contributed by atoms with E-state index in [9.17, 15) is 14.3 Å². The summed E-state index contributed by atoms with van der Waals surface area (Å²) in [6.07, 6.45) is -0.236. The minimum atomic E-state index is -1.10. The fourth-order valence-corrected chi connectivity index (χ4v) is 3.04. The van der Waals surface area contributed by atoms with Crippen LogP contribution in [0.4, 0.5) is 4.39 Å². The monoisotopic (exact) mass is 349 g/mol. The van der Waals surface area contributed by atoms with E-state index in [1.807, 2.05) is 6.07 Å². The molecule has 3 rings (SSSR count). The van der Waals surface area contributed by atoms with Crippen LogP contribution in [0, 0.1) is 5.82 Å². The molecule has 0 saturated heterocycles. The van der Waals surface area contributed by atoms with Crippen LogP contribution in [-0.2, 0) is 17.6 Å². The molecule has 0 aliphatic carbocycles. The molecule has 1 amide bonds. The van der Waals surface area contributed by atoms with Crippen molar-refractivity contribution in [2.75, 3.05) is 13.2 Å². The lowest BCUT2D eigenvalue weighted by Crippen LogP contribution is -2.30. The molecule has 4 nitrogen and oxygen atoms in total. The Morgan fingerprint density at radius 3 is 2.96 bits per heavy atom. The van der Waals surface area contributed by atoms with Crippen molar-refractivity contribution in [3.63, 3.8) is 0 Å². The zero-order chi connectivity index (χ0) is 17.1. The molecule has 0 saturated carbocycles. The van der Waals surface area contributed by atoms with E-state index in [0.29, 0.717) is 22.9 Å². The van der Waals surface area contributed by atoms with Crippen molar-refractivity contribution in [3.8, 4) is 5.75 Å². The third-order valence-corrected chi connectivity index (χ3v) is 4.15. The van der Waals surface area contributed by atoms with Crippen molar-refractivity contribution in [2.45, 2.75) is 18.9 Å². The smallest absolute Gasteiger partial charge is 0.224 e. The summed E-state index contributed by atoms with van der Waals surface area (Å²) >= 11 is 6.07. The first-order chi connectivity index (χ1) is 11.5. The van der Waals surface area contributed by atoms with Crippen LogP contribution in [0.2, 0.25) is 5.02 Å². The Hall–Kier alpha value is -2.11. The topological polar surface area (TPSA) is 58.6 Å². The fraction of sp³-hybridized carbons (Fsp3) is 0.278. The van der Waals surface area contributed by atoms with Gasteiger partial charge in [0.1, 0.15) is 11.6 Å². The molecule has 1 unspecified atom stereocenters. The average Bonchev–Trinajstić information content (AvgIpc) is 3.01. The summed E-state index contributed by atoms with van der Waals surface area (Å²) in [5.74, 6) is -0.0742. The number of carbonyl (C=O) groups excluding carboxylic acids is 1. The van der Waals surface area contributed by atoms with Gasteiger partial charge in [-0.1, -0.05) is 29.8 Å². The van der Waals surface area contributed by atoms with E-state index in [1.54, 1.807) is 18.2 Å². The van der Waals surface area contributed by atoms with E-state index in [-0.39, 0.29) is 24.4 Å². The van der Waals surface area contributed by atoms with Crippen molar-refractivity contribution in [3.05, 3.63) is 63.9 Å². The molecule has 2 aromatic rings. The Balaban J connectivity index is 1.62. The first kappa shape index (κ1) is 16.7. The van der Waals surface area contributed by atoms with Crippen LogP contribution in [0.25, 0.3) is 0 Å². The highest BCUT2D eigenvalue weighted by Crippen LogP contribution is 2.33. The number of fused-ring (bicyclic) bond motifs is 1. The van der Waals surface area contributed by atoms with Crippen LogP contribution in [0.5, 0.6) is 5.75 Å². The number of ether oxygens (including phenoxy) is 1. The maximum Gasteiger partial charge on any atom is 0.224 e. The van der Waals surface area contributed by atoms with Crippen molar-refractivity contribution >= 4 is 17.5 Å². The van der Waals surface area contributed by atoms with E-state index in [4.69, 9.17) is 16.3 Å². The zero-order valence-electron chi connectivity index (χ0n) is 12.9.